The molecule has 1 aliphatic heterocycles. The van der Waals surface area contributed by atoms with Crippen molar-refractivity contribution in [3.63, 3.8) is 0 Å². The lowest BCUT2D eigenvalue weighted by atomic mass is 10.2. The zero-order valence-corrected chi connectivity index (χ0v) is 19.6. The lowest BCUT2D eigenvalue weighted by molar-refractivity contribution is -0.0284. The van der Waals surface area contributed by atoms with E-state index in [4.69, 9.17) is 4.74 Å². The molecule has 154 valence electrons. The highest BCUT2D eigenvalue weighted by atomic mass is 127. The van der Waals surface area contributed by atoms with Crippen LogP contribution < -0.4 is 10.6 Å². The molecule has 1 aromatic rings. The fraction of sp³-hybridized carbons (Fsp3) is 0.632. The number of nitrogens with zero attached hydrogens (tertiary/aromatic N) is 2. The predicted molar refractivity (Wildman–Crippen MR) is 123 cm³/mol. The van der Waals surface area contributed by atoms with Crippen molar-refractivity contribution in [2.75, 3.05) is 52.1 Å². The fourth-order valence-electron chi connectivity index (χ4n) is 2.89. The van der Waals surface area contributed by atoms with Gasteiger partial charge in [-0.2, -0.15) is 0 Å². The molecule has 1 fully saturated rings. The Balaban J connectivity index is 0.00000364. The number of thioether (sulfide) groups is 1. The highest BCUT2D eigenvalue weighted by Gasteiger charge is 2.20. The van der Waals surface area contributed by atoms with E-state index < -0.39 is 0 Å². The van der Waals surface area contributed by atoms with Gasteiger partial charge in [0.05, 0.1) is 12.7 Å². The van der Waals surface area contributed by atoms with Crippen molar-refractivity contribution in [1.82, 2.24) is 15.5 Å². The first-order valence-corrected chi connectivity index (χ1v) is 10.2. The Labute approximate surface area is 183 Å². The van der Waals surface area contributed by atoms with Crippen LogP contribution in [-0.4, -0.2) is 69.1 Å². The summed E-state index contributed by atoms with van der Waals surface area (Å²) in [6.45, 7) is 9.92. The first kappa shape index (κ1) is 24.5. The Kier molecular flexibility index (Phi) is 12.3. The summed E-state index contributed by atoms with van der Waals surface area (Å²) in [5.74, 6) is 2.15. The number of hydrogen-bond donors (Lipinski definition) is 2. The summed E-state index contributed by atoms with van der Waals surface area (Å²) in [5, 5.41) is 6.66. The number of nitrogens with one attached hydrogen (secondary N) is 2. The van der Waals surface area contributed by atoms with Gasteiger partial charge in [0.25, 0.3) is 0 Å². The summed E-state index contributed by atoms with van der Waals surface area (Å²) in [4.78, 5) is 7.80. The molecule has 0 radical (unpaired) electrons. The summed E-state index contributed by atoms with van der Waals surface area (Å²) in [6, 6.07) is 6.58. The van der Waals surface area contributed by atoms with Crippen molar-refractivity contribution in [2.45, 2.75) is 24.8 Å². The molecule has 5 nitrogen and oxygen atoms in total. The minimum atomic E-state index is -0.200. The van der Waals surface area contributed by atoms with Crippen molar-refractivity contribution in [1.29, 1.82) is 0 Å². The van der Waals surface area contributed by atoms with Crippen LogP contribution in [0.15, 0.2) is 34.2 Å². The molecule has 1 unspecified atom stereocenters. The van der Waals surface area contributed by atoms with E-state index in [0.29, 0.717) is 5.92 Å². The Bertz CT molecular complexity index is 559. The molecule has 27 heavy (non-hydrogen) atoms. The van der Waals surface area contributed by atoms with Gasteiger partial charge in [-0.3, -0.25) is 9.89 Å². The number of rotatable bonds is 8. The second-order valence-corrected chi connectivity index (χ2v) is 8.00. The van der Waals surface area contributed by atoms with E-state index in [-0.39, 0.29) is 35.9 Å². The van der Waals surface area contributed by atoms with Crippen LogP contribution in [0.1, 0.15) is 13.8 Å². The van der Waals surface area contributed by atoms with E-state index in [9.17, 15) is 4.39 Å². The molecule has 0 spiro atoms. The van der Waals surface area contributed by atoms with Gasteiger partial charge in [0.15, 0.2) is 5.96 Å². The van der Waals surface area contributed by atoms with Gasteiger partial charge in [-0.15, -0.1) is 35.7 Å². The average molecular weight is 510 g/mol. The molecule has 1 atom stereocenters. The second kappa shape index (κ2) is 13.6. The number of aliphatic imine (C=N–C) groups is 1. The molecule has 0 aromatic heterocycles. The number of morpholine rings is 1. The molecule has 1 saturated heterocycles. The van der Waals surface area contributed by atoms with Crippen molar-refractivity contribution in [3.05, 3.63) is 30.1 Å². The van der Waals surface area contributed by atoms with E-state index in [2.05, 4.69) is 34.4 Å². The molecular weight excluding hydrogens is 478 g/mol. The standard InChI is InChI=1S/C19H31FN4OS.HI/c1-15(2)13-24-9-10-25-17(14-24)12-23-19(21-3)22-8-11-26-18-6-4-16(20)5-7-18;/h4-7,15,17H,8-14H2,1-3H3,(H2,21,22,23);1H. The van der Waals surface area contributed by atoms with Crippen LogP contribution in [0.25, 0.3) is 0 Å². The minimum Gasteiger partial charge on any atom is -0.374 e. The smallest absolute Gasteiger partial charge is 0.191 e. The van der Waals surface area contributed by atoms with Gasteiger partial charge in [-0.1, -0.05) is 13.8 Å². The van der Waals surface area contributed by atoms with Gasteiger partial charge in [0, 0.05) is 50.4 Å². The monoisotopic (exact) mass is 510 g/mol. The van der Waals surface area contributed by atoms with Gasteiger partial charge in [0.1, 0.15) is 5.82 Å². The van der Waals surface area contributed by atoms with Gasteiger partial charge < -0.3 is 15.4 Å². The number of ether oxygens (including phenoxy) is 1. The van der Waals surface area contributed by atoms with Gasteiger partial charge in [0.2, 0.25) is 0 Å². The van der Waals surface area contributed by atoms with E-state index in [1.54, 1.807) is 30.9 Å². The van der Waals surface area contributed by atoms with Crippen molar-refractivity contribution < 1.29 is 9.13 Å². The summed E-state index contributed by atoms with van der Waals surface area (Å²) >= 11 is 1.69. The molecule has 1 aliphatic rings. The van der Waals surface area contributed by atoms with Crippen LogP contribution in [-0.2, 0) is 4.74 Å². The maximum absolute atomic E-state index is 12.9. The van der Waals surface area contributed by atoms with Crippen molar-refractivity contribution in [2.24, 2.45) is 10.9 Å². The molecule has 2 N–H and O–H groups in total. The lowest BCUT2D eigenvalue weighted by Gasteiger charge is -2.34. The van der Waals surface area contributed by atoms with Crippen molar-refractivity contribution >= 4 is 41.7 Å². The Morgan fingerprint density at radius 3 is 2.74 bits per heavy atom. The van der Waals surface area contributed by atoms with Crippen LogP contribution in [0, 0.1) is 11.7 Å². The average Bonchev–Trinajstić information content (AvgIpc) is 2.62. The largest absolute Gasteiger partial charge is 0.374 e. The van der Waals surface area contributed by atoms with Crippen molar-refractivity contribution in [3.8, 4) is 0 Å². The van der Waals surface area contributed by atoms with Crippen LogP contribution in [0.2, 0.25) is 0 Å². The molecule has 0 amide bonds. The summed E-state index contributed by atoms with van der Waals surface area (Å²) in [5.41, 5.74) is 0. The topological polar surface area (TPSA) is 48.9 Å². The van der Waals surface area contributed by atoms with E-state index in [1.165, 1.54) is 12.1 Å². The minimum absolute atomic E-state index is 0. The van der Waals surface area contributed by atoms with Crippen LogP contribution in [0.3, 0.4) is 0 Å². The molecule has 8 heteroatoms. The number of guanidine groups is 1. The second-order valence-electron chi connectivity index (χ2n) is 6.83. The first-order valence-electron chi connectivity index (χ1n) is 9.23. The van der Waals surface area contributed by atoms with Crippen LogP contribution in [0.4, 0.5) is 4.39 Å². The fourth-order valence-corrected chi connectivity index (χ4v) is 3.65. The lowest BCUT2D eigenvalue weighted by Crippen LogP contribution is -2.50. The highest BCUT2D eigenvalue weighted by Crippen LogP contribution is 2.17. The number of halogens is 2. The summed E-state index contributed by atoms with van der Waals surface area (Å²) < 4.78 is 18.7. The third-order valence-electron chi connectivity index (χ3n) is 4.04. The normalized spacial score (nSPS) is 18.3. The molecular formula is C19H32FIN4OS. The zero-order chi connectivity index (χ0) is 18.8. The van der Waals surface area contributed by atoms with Gasteiger partial charge in [-0.25, -0.2) is 4.39 Å². The molecule has 1 aromatic carbocycles. The molecule has 1 heterocycles. The molecule has 2 rings (SSSR count). The third kappa shape index (κ3) is 9.96. The third-order valence-corrected chi connectivity index (χ3v) is 5.06. The quantitative estimate of drug-likeness (QED) is 0.185. The molecule has 0 saturated carbocycles. The predicted octanol–water partition coefficient (Wildman–Crippen LogP) is 3.06. The maximum Gasteiger partial charge on any atom is 0.191 e. The Hall–Kier alpha value is -0.580. The van der Waals surface area contributed by atoms with E-state index in [1.807, 2.05) is 0 Å². The SMILES string of the molecule is CN=C(NCCSc1ccc(F)cc1)NCC1CN(CC(C)C)CCO1.I. The number of hydrogen-bond acceptors (Lipinski definition) is 4. The number of benzene rings is 1. The van der Waals surface area contributed by atoms with Crippen LogP contribution in [0.5, 0.6) is 0 Å². The summed E-state index contributed by atoms with van der Waals surface area (Å²) in [6.07, 6.45) is 0.189. The van der Waals surface area contributed by atoms with E-state index >= 15 is 0 Å². The highest BCUT2D eigenvalue weighted by molar-refractivity contribution is 14.0. The Morgan fingerprint density at radius 2 is 2.07 bits per heavy atom. The zero-order valence-electron chi connectivity index (χ0n) is 16.4. The van der Waals surface area contributed by atoms with E-state index in [0.717, 1.165) is 55.9 Å². The van der Waals surface area contributed by atoms with Gasteiger partial charge >= 0.3 is 0 Å². The maximum atomic E-state index is 12.9. The van der Waals surface area contributed by atoms with Gasteiger partial charge in [-0.05, 0) is 30.2 Å². The first-order chi connectivity index (χ1) is 12.6. The summed E-state index contributed by atoms with van der Waals surface area (Å²) in [7, 11) is 1.77. The molecule has 0 aliphatic carbocycles. The van der Waals surface area contributed by atoms with Crippen LogP contribution >= 0.6 is 35.7 Å². The Morgan fingerprint density at radius 1 is 1.33 bits per heavy atom. The molecule has 0 bridgehead atoms.